The zero-order valence-electron chi connectivity index (χ0n) is 31.8. The smallest absolute Gasteiger partial charge is 0.143 e. The molecular formula is C46H39N3O6S. The average Bonchev–Trinajstić information content (AvgIpc) is 3.27. The van der Waals surface area contributed by atoms with Gasteiger partial charge in [-0.2, -0.15) is 0 Å². The van der Waals surface area contributed by atoms with E-state index in [4.69, 9.17) is 28.4 Å². The number of hydrogen-bond donors (Lipinski definition) is 0. The van der Waals surface area contributed by atoms with Gasteiger partial charge in [0.15, 0.2) is 0 Å². The van der Waals surface area contributed by atoms with Crippen molar-refractivity contribution in [3.8, 4) is 79.3 Å². The maximum Gasteiger partial charge on any atom is 0.143 e. The van der Waals surface area contributed by atoms with Crippen molar-refractivity contribution in [1.29, 1.82) is 0 Å². The molecule has 0 spiro atoms. The van der Waals surface area contributed by atoms with Crippen molar-refractivity contribution >= 4 is 28.8 Å². The average molecular weight is 762 g/mol. The molecule has 0 saturated heterocycles. The Balaban J connectivity index is 1.23. The highest BCUT2D eigenvalue weighted by molar-refractivity contribution is 7.99. The largest absolute Gasteiger partial charge is 0.496 e. The number of ether oxygens (including phenoxy) is 6. The third kappa shape index (κ3) is 6.47. The molecule has 56 heavy (non-hydrogen) atoms. The monoisotopic (exact) mass is 761 g/mol. The van der Waals surface area contributed by atoms with Crippen LogP contribution in [0.1, 0.15) is 0 Å². The van der Waals surface area contributed by atoms with Gasteiger partial charge in [0.05, 0.1) is 71.1 Å². The molecule has 0 atom stereocenters. The second-order valence-electron chi connectivity index (χ2n) is 12.7. The van der Waals surface area contributed by atoms with Gasteiger partial charge in [-0.1, -0.05) is 48.2 Å². The Kier molecular flexibility index (Phi) is 10.1. The van der Waals surface area contributed by atoms with E-state index in [-0.39, 0.29) is 0 Å². The van der Waals surface area contributed by atoms with Gasteiger partial charge in [0, 0.05) is 61.6 Å². The predicted molar refractivity (Wildman–Crippen MR) is 222 cm³/mol. The molecule has 5 aromatic carbocycles. The number of rotatable bonds is 11. The highest BCUT2D eigenvalue weighted by Crippen LogP contribution is 2.55. The summed E-state index contributed by atoms with van der Waals surface area (Å²) in [6.45, 7) is 0. The standard InChI is InChI=1S/C46H39N3O6S/c1-50-39-22-30(40(51-2)21-29(39)28-18-19-35(48-27-28)34-13-11-12-20-47-34)31-23-42(53-4)32(24-41(31)52-3)33-25-44(55-6)38(26-43(33)54-5)49-36-14-7-9-16-45(36)56-46-17-10-8-15-37(46)49/h7-27H,1-6H3. The van der Waals surface area contributed by atoms with E-state index >= 15 is 0 Å². The van der Waals surface area contributed by atoms with Gasteiger partial charge in [0.2, 0.25) is 0 Å². The van der Waals surface area contributed by atoms with E-state index in [0.29, 0.717) is 34.5 Å². The number of pyridine rings is 2. The molecule has 0 saturated carbocycles. The summed E-state index contributed by atoms with van der Waals surface area (Å²) in [5, 5.41) is 0. The maximum atomic E-state index is 6.13. The minimum atomic E-state index is 0.594. The molecule has 0 radical (unpaired) electrons. The van der Waals surface area contributed by atoms with E-state index in [0.717, 1.165) is 71.6 Å². The quantitative estimate of drug-likeness (QED) is 0.127. The molecule has 1 aliphatic heterocycles. The fourth-order valence-electron chi connectivity index (χ4n) is 7.10. The highest BCUT2D eigenvalue weighted by atomic mass is 32.2. The zero-order chi connectivity index (χ0) is 38.8. The van der Waals surface area contributed by atoms with Crippen LogP contribution in [0.15, 0.2) is 137 Å². The summed E-state index contributed by atoms with van der Waals surface area (Å²) >= 11 is 1.75. The molecular weight excluding hydrogens is 723 g/mol. The van der Waals surface area contributed by atoms with E-state index in [2.05, 4.69) is 51.3 Å². The number of benzene rings is 5. The Morgan fingerprint density at radius 3 is 1.34 bits per heavy atom. The Morgan fingerprint density at radius 2 is 0.857 bits per heavy atom. The maximum absolute atomic E-state index is 6.13. The molecule has 0 aliphatic carbocycles. The van der Waals surface area contributed by atoms with E-state index in [1.807, 2.05) is 85.1 Å². The molecule has 0 N–H and O–H groups in total. The summed E-state index contributed by atoms with van der Waals surface area (Å²) in [6.07, 6.45) is 3.57. The van der Waals surface area contributed by atoms with Crippen LogP contribution in [-0.4, -0.2) is 52.6 Å². The number of hydrogen-bond acceptors (Lipinski definition) is 10. The molecule has 3 heterocycles. The molecule has 0 unspecified atom stereocenters. The highest BCUT2D eigenvalue weighted by Gasteiger charge is 2.29. The zero-order valence-corrected chi connectivity index (χ0v) is 32.6. The lowest BCUT2D eigenvalue weighted by Gasteiger charge is -2.34. The lowest BCUT2D eigenvalue weighted by molar-refractivity contribution is 0.398. The summed E-state index contributed by atoms with van der Waals surface area (Å²) in [4.78, 5) is 13.6. The van der Waals surface area contributed by atoms with Gasteiger partial charge < -0.3 is 33.3 Å². The van der Waals surface area contributed by atoms with Crippen LogP contribution >= 0.6 is 11.8 Å². The van der Waals surface area contributed by atoms with Crippen molar-refractivity contribution in [2.45, 2.75) is 9.79 Å². The first-order chi connectivity index (χ1) is 27.5. The van der Waals surface area contributed by atoms with Gasteiger partial charge in [-0.15, -0.1) is 0 Å². The van der Waals surface area contributed by atoms with Gasteiger partial charge in [-0.25, -0.2) is 0 Å². The minimum Gasteiger partial charge on any atom is -0.496 e. The first-order valence-electron chi connectivity index (χ1n) is 17.8. The van der Waals surface area contributed by atoms with Crippen LogP contribution in [0.4, 0.5) is 17.1 Å². The number of aromatic nitrogens is 2. The topological polar surface area (TPSA) is 84.4 Å². The van der Waals surface area contributed by atoms with Crippen molar-refractivity contribution in [3.63, 3.8) is 0 Å². The van der Waals surface area contributed by atoms with Gasteiger partial charge in [0.25, 0.3) is 0 Å². The molecule has 7 aromatic rings. The van der Waals surface area contributed by atoms with Crippen LogP contribution in [-0.2, 0) is 0 Å². The lowest BCUT2D eigenvalue weighted by Crippen LogP contribution is -2.16. The summed E-state index contributed by atoms with van der Waals surface area (Å²) < 4.78 is 36.4. The third-order valence-electron chi connectivity index (χ3n) is 9.80. The Labute approximate surface area is 330 Å². The van der Waals surface area contributed by atoms with Crippen LogP contribution < -0.4 is 33.3 Å². The summed E-state index contributed by atoms with van der Waals surface area (Å²) in [5.74, 6) is 3.74. The van der Waals surface area contributed by atoms with Crippen molar-refractivity contribution in [1.82, 2.24) is 9.97 Å². The van der Waals surface area contributed by atoms with Crippen LogP contribution in [0.25, 0.3) is 44.8 Å². The van der Waals surface area contributed by atoms with E-state index in [9.17, 15) is 0 Å². The SMILES string of the molecule is COc1cc(-c2cc(OC)c(-c3cc(OC)c(N4c5ccccc5Sc5ccccc54)cc3OC)cc2OC)c(OC)cc1-c1ccc(-c2ccccn2)nc1. The molecule has 0 amide bonds. The van der Waals surface area contributed by atoms with Crippen LogP contribution in [0.5, 0.6) is 34.5 Å². The van der Waals surface area contributed by atoms with Crippen molar-refractivity contribution in [2.75, 3.05) is 47.6 Å². The number of fused-ring (bicyclic) bond motifs is 2. The molecule has 1 aliphatic rings. The number of anilines is 3. The summed E-state index contributed by atoms with van der Waals surface area (Å²) in [5.41, 5.74) is 9.25. The molecule has 9 nitrogen and oxygen atoms in total. The first-order valence-corrected chi connectivity index (χ1v) is 18.6. The van der Waals surface area contributed by atoms with E-state index in [1.165, 1.54) is 0 Å². The molecule has 2 aromatic heterocycles. The van der Waals surface area contributed by atoms with Crippen molar-refractivity contribution < 1.29 is 28.4 Å². The normalized spacial score (nSPS) is 11.6. The van der Waals surface area contributed by atoms with Gasteiger partial charge in [-0.3, -0.25) is 9.97 Å². The van der Waals surface area contributed by atoms with Crippen molar-refractivity contribution in [3.05, 3.63) is 128 Å². The summed E-state index contributed by atoms with van der Waals surface area (Å²) in [6, 6.07) is 38.2. The third-order valence-corrected chi connectivity index (χ3v) is 10.9. The van der Waals surface area contributed by atoms with Crippen molar-refractivity contribution in [2.24, 2.45) is 0 Å². The molecule has 280 valence electrons. The van der Waals surface area contributed by atoms with Crippen LogP contribution in [0, 0.1) is 0 Å². The number of para-hydroxylation sites is 2. The van der Waals surface area contributed by atoms with Gasteiger partial charge in [0.1, 0.15) is 34.5 Å². The second-order valence-corrected chi connectivity index (χ2v) is 13.8. The molecule has 8 rings (SSSR count). The fraction of sp³-hybridized carbons (Fsp3) is 0.130. The predicted octanol–water partition coefficient (Wildman–Crippen LogP) is 11.1. The Hall–Kier alpha value is -6.65. The number of nitrogens with zero attached hydrogens (tertiary/aromatic N) is 3. The Bertz CT molecular complexity index is 2500. The fourth-order valence-corrected chi connectivity index (χ4v) is 8.16. The molecule has 10 heteroatoms. The first kappa shape index (κ1) is 36.3. The molecule has 0 bridgehead atoms. The number of methoxy groups -OCH3 is 6. The van der Waals surface area contributed by atoms with E-state index < -0.39 is 0 Å². The van der Waals surface area contributed by atoms with Gasteiger partial charge in [-0.05, 0) is 72.8 Å². The van der Waals surface area contributed by atoms with Crippen LogP contribution in [0.2, 0.25) is 0 Å². The minimum absolute atomic E-state index is 0.594. The van der Waals surface area contributed by atoms with Crippen LogP contribution in [0.3, 0.4) is 0 Å². The Morgan fingerprint density at radius 1 is 0.411 bits per heavy atom. The molecule has 0 fully saturated rings. The second kappa shape index (κ2) is 15.6. The van der Waals surface area contributed by atoms with Gasteiger partial charge >= 0.3 is 0 Å². The lowest BCUT2D eigenvalue weighted by atomic mass is 9.94. The van der Waals surface area contributed by atoms with E-state index in [1.54, 1.807) is 60.6 Å². The summed E-state index contributed by atoms with van der Waals surface area (Å²) in [7, 11) is 9.93.